The Hall–Kier alpha value is -1.21. The summed E-state index contributed by atoms with van der Waals surface area (Å²) in [7, 11) is 0. The molecule has 0 aliphatic carbocycles. The zero-order valence-corrected chi connectivity index (χ0v) is 8.42. The molecule has 0 spiro atoms. The Morgan fingerprint density at radius 2 is 1.14 bits per heavy atom. The van der Waals surface area contributed by atoms with E-state index >= 15 is 0 Å². The van der Waals surface area contributed by atoms with E-state index in [9.17, 15) is 0 Å². The Morgan fingerprint density at radius 3 is 1.71 bits per heavy atom. The Kier molecular flexibility index (Phi) is 1.84. The molecule has 3 rings (SSSR count). The van der Waals surface area contributed by atoms with Crippen LogP contribution in [0.15, 0.2) is 58.3 Å². The maximum absolute atomic E-state index is 2.25. The second-order valence-corrected chi connectivity index (χ2v) is 4.41. The number of hydrogen-bond acceptors (Lipinski definition) is 1. The summed E-state index contributed by atoms with van der Waals surface area (Å²) in [6.45, 7) is 0. The zero-order chi connectivity index (χ0) is 9.38. The second kappa shape index (κ2) is 3.18. The zero-order valence-electron chi connectivity index (χ0n) is 7.60. The Labute approximate surface area is 88.0 Å². The van der Waals surface area contributed by atoms with Crippen LogP contribution in [0, 0.1) is 6.42 Å². The van der Waals surface area contributed by atoms with Crippen LogP contribution in [-0.2, 0) is 0 Å². The Bertz CT molecular complexity index is 387. The lowest BCUT2D eigenvalue weighted by Crippen LogP contribution is -1.95. The van der Waals surface area contributed by atoms with Crippen molar-refractivity contribution >= 4 is 11.8 Å². The summed E-state index contributed by atoms with van der Waals surface area (Å²) in [6, 6.07) is 17.0. The predicted octanol–water partition coefficient (Wildman–Crippen LogP) is 3.75. The number of hydrogen-bond donors (Lipinski definition) is 0. The van der Waals surface area contributed by atoms with E-state index in [4.69, 9.17) is 0 Å². The van der Waals surface area contributed by atoms with Gasteiger partial charge in [0.2, 0.25) is 0 Å². The molecule has 14 heavy (non-hydrogen) atoms. The first kappa shape index (κ1) is 8.13. The summed E-state index contributed by atoms with van der Waals surface area (Å²) in [5, 5.41) is 0. The molecule has 0 fully saturated rings. The summed E-state index contributed by atoms with van der Waals surface area (Å²) in [4.78, 5) is 2.71. The number of rotatable bonds is 0. The minimum Gasteiger partial charge on any atom is -0.0895 e. The lowest BCUT2D eigenvalue weighted by Gasteiger charge is -2.17. The minimum atomic E-state index is 1.33. The normalized spacial score (nSPS) is 13.1. The molecule has 2 aromatic rings. The van der Waals surface area contributed by atoms with Gasteiger partial charge in [0, 0.05) is 16.2 Å². The molecule has 1 radical (unpaired) electrons. The third-order valence-electron chi connectivity index (χ3n) is 2.37. The van der Waals surface area contributed by atoms with Gasteiger partial charge in [-0.05, 0) is 23.3 Å². The van der Waals surface area contributed by atoms with E-state index in [1.54, 1.807) is 0 Å². The Morgan fingerprint density at radius 1 is 0.643 bits per heavy atom. The van der Waals surface area contributed by atoms with Gasteiger partial charge in [0.25, 0.3) is 0 Å². The molecule has 0 amide bonds. The average molecular weight is 197 g/mol. The maximum atomic E-state index is 2.25. The van der Waals surface area contributed by atoms with E-state index < -0.39 is 0 Å². The minimum absolute atomic E-state index is 1.33. The van der Waals surface area contributed by atoms with Crippen molar-refractivity contribution in [1.82, 2.24) is 0 Å². The first-order valence-electron chi connectivity index (χ1n) is 4.64. The number of benzene rings is 2. The van der Waals surface area contributed by atoms with E-state index in [0.717, 1.165) is 0 Å². The van der Waals surface area contributed by atoms with E-state index in [-0.39, 0.29) is 0 Å². The summed E-state index contributed by atoms with van der Waals surface area (Å²) < 4.78 is 0. The van der Waals surface area contributed by atoms with Gasteiger partial charge in [0.15, 0.2) is 0 Å². The fraction of sp³-hybridized carbons (Fsp3) is 0. The monoisotopic (exact) mass is 197 g/mol. The quantitative estimate of drug-likeness (QED) is 0.529. The molecule has 0 bridgehead atoms. The average Bonchev–Trinajstić information content (AvgIpc) is 2.26. The second-order valence-electron chi connectivity index (χ2n) is 3.32. The lowest BCUT2D eigenvalue weighted by atomic mass is 10.0. The summed E-state index contributed by atoms with van der Waals surface area (Å²) >= 11 is 1.85. The fourth-order valence-corrected chi connectivity index (χ4v) is 2.69. The van der Waals surface area contributed by atoms with E-state index in [1.807, 2.05) is 11.8 Å². The highest BCUT2D eigenvalue weighted by Crippen LogP contribution is 2.39. The summed E-state index contributed by atoms with van der Waals surface area (Å²) in [6.07, 6.45) is 2.25. The van der Waals surface area contributed by atoms with Crippen LogP contribution < -0.4 is 0 Å². The van der Waals surface area contributed by atoms with Crippen LogP contribution in [-0.4, -0.2) is 0 Å². The van der Waals surface area contributed by atoms with Gasteiger partial charge in [-0.15, -0.1) is 0 Å². The molecule has 1 aliphatic heterocycles. The van der Waals surface area contributed by atoms with Crippen LogP contribution in [0.25, 0.3) is 0 Å². The van der Waals surface area contributed by atoms with Gasteiger partial charge in [0.1, 0.15) is 0 Å². The van der Waals surface area contributed by atoms with Crippen molar-refractivity contribution < 1.29 is 0 Å². The molecule has 0 saturated heterocycles. The maximum Gasteiger partial charge on any atom is 0.0222 e. The largest absolute Gasteiger partial charge is 0.0895 e. The number of fused-ring (bicyclic) bond motifs is 2. The van der Waals surface area contributed by atoms with Crippen LogP contribution in [0.5, 0.6) is 0 Å². The molecule has 1 aliphatic rings. The van der Waals surface area contributed by atoms with Gasteiger partial charge in [-0.1, -0.05) is 48.2 Å². The van der Waals surface area contributed by atoms with Crippen molar-refractivity contribution in [2.75, 3.05) is 0 Å². The van der Waals surface area contributed by atoms with Gasteiger partial charge in [-0.25, -0.2) is 0 Å². The molecule has 0 atom stereocenters. The van der Waals surface area contributed by atoms with Crippen molar-refractivity contribution in [2.24, 2.45) is 0 Å². The van der Waals surface area contributed by atoms with Crippen molar-refractivity contribution in [3.63, 3.8) is 0 Å². The lowest BCUT2D eigenvalue weighted by molar-refractivity contribution is 1.21. The molecule has 0 nitrogen and oxygen atoms in total. The SMILES string of the molecule is [CH]1c2ccccc2Sc2ccccc21. The summed E-state index contributed by atoms with van der Waals surface area (Å²) in [5.74, 6) is 0. The van der Waals surface area contributed by atoms with E-state index in [1.165, 1.54) is 20.9 Å². The van der Waals surface area contributed by atoms with Crippen molar-refractivity contribution in [3.05, 3.63) is 66.1 Å². The molecule has 0 unspecified atom stereocenters. The van der Waals surface area contributed by atoms with Crippen LogP contribution in [0.1, 0.15) is 11.1 Å². The first-order valence-corrected chi connectivity index (χ1v) is 5.46. The van der Waals surface area contributed by atoms with E-state index in [2.05, 4.69) is 55.0 Å². The molecular formula is C13H9S. The van der Waals surface area contributed by atoms with Crippen LogP contribution in [0.2, 0.25) is 0 Å². The fourth-order valence-electron chi connectivity index (χ4n) is 1.67. The molecular weight excluding hydrogens is 188 g/mol. The van der Waals surface area contributed by atoms with Crippen LogP contribution in [0.4, 0.5) is 0 Å². The third-order valence-corrected chi connectivity index (χ3v) is 3.55. The molecule has 1 heteroatoms. The highest BCUT2D eigenvalue weighted by molar-refractivity contribution is 7.99. The predicted molar refractivity (Wildman–Crippen MR) is 59.5 cm³/mol. The van der Waals surface area contributed by atoms with Gasteiger partial charge < -0.3 is 0 Å². The third kappa shape index (κ3) is 1.25. The highest BCUT2D eigenvalue weighted by atomic mass is 32.2. The molecule has 0 N–H and O–H groups in total. The van der Waals surface area contributed by atoms with E-state index in [0.29, 0.717) is 0 Å². The van der Waals surface area contributed by atoms with Crippen molar-refractivity contribution in [2.45, 2.75) is 9.79 Å². The van der Waals surface area contributed by atoms with Gasteiger partial charge in [0.05, 0.1) is 0 Å². The molecule has 0 aromatic heterocycles. The van der Waals surface area contributed by atoms with Gasteiger partial charge >= 0.3 is 0 Å². The van der Waals surface area contributed by atoms with Gasteiger partial charge in [-0.2, -0.15) is 0 Å². The Balaban J connectivity index is 2.12. The van der Waals surface area contributed by atoms with Crippen molar-refractivity contribution in [3.8, 4) is 0 Å². The first-order chi connectivity index (χ1) is 6.93. The van der Waals surface area contributed by atoms with Crippen molar-refractivity contribution in [1.29, 1.82) is 0 Å². The van der Waals surface area contributed by atoms with Gasteiger partial charge in [-0.3, -0.25) is 0 Å². The van der Waals surface area contributed by atoms with Crippen LogP contribution in [0.3, 0.4) is 0 Å². The highest BCUT2D eigenvalue weighted by Gasteiger charge is 2.14. The molecule has 67 valence electrons. The molecule has 1 heterocycles. The molecule has 0 saturated carbocycles. The topological polar surface area (TPSA) is 0 Å². The van der Waals surface area contributed by atoms with Crippen LogP contribution >= 0.6 is 11.8 Å². The summed E-state index contributed by atoms with van der Waals surface area (Å²) in [5.41, 5.74) is 2.66. The molecule has 2 aromatic carbocycles. The smallest absolute Gasteiger partial charge is 0.0222 e. The standard InChI is InChI=1S/C13H9S/c1-3-7-12-10(5-1)9-11-6-2-4-8-13(11)14-12/h1-9H.